The van der Waals surface area contributed by atoms with Crippen molar-refractivity contribution in [2.75, 3.05) is 12.4 Å². The van der Waals surface area contributed by atoms with Gasteiger partial charge in [-0.25, -0.2) is 19.0 Å². The first-order valence-corrected chi connectivity index (χ1v) is 10.7. The van der Waals surface area contributed by atoms with Crippen LogP contribution in [0.3, 0.4) is 0 Å². The van der Waals surface area contributed by atoms with E-state index in [0.29, 0.717) is 22.2 Å². The van der Waals surface area contributed by atoms with Gasteiger partial charge in [-0.15, -0.1) is 0 Å². The van der Waals surface area contributed by atoms with Gasteiger partial charge in [-0.1, -0.05) is 11.6 Å². The van der Waals surface area contributed by atoms with Crippen molar-refractivity contribution >= 4 is 40.1 Å². The Hall–Kier alpha value is -4.24. The van der Waals surface area contributed by atoms with E-state index in [1.54, 1.807) is 19.1 Å². The van der Waals surface area contributed by atoms with E-state index in [1.165, 1.54) is 49.7 Å². The van der Waals surface area contributed by atoms with Crippen molar-refractivity contribution in [1.82, 2.24) is 4.98 Å². The second kappa shape index (κ2) is 9.94. The summed E-state index contributed by atoms with van der Waals surface area (Å²) in [4.78, 5) is 40.1. The van der Waals surface area contributed by atoms with Crippen LogP contribution in [-0.4, -0.2) is 30.1 Å². The first-order chi connectivity index (χ1) is 16.7. The number of esters is 1. The molecule has 1 N–H and O–H groups in total. The fraction of sp³-hybridized carbons (Fsp3) is 0.120. The van der Waals surface area contributed by atoms with Crippen LogP contribution in [0.5, 0.6) is 5.75 Å². The number of methoxy groups -OCH3 is 1. The number of nitrogens with zero attached hydrogens (tertiary/aromatic N) is 1. The number of halogens is 2. The van der Waals surface area contributed by atoms with Crippen molar-refractivity contribution in [1.29, 1.82) is 0 Å². The summed E-state index contributed by atoms with van der Waals surface area (Å²) < 4.78 is 29.1. The van der Waals surface area contributed by atoms with E-state index in [2.05, 4.69) is 15.0 Å². The Morgan fingerprint density at radius 3 is 2.57 bits per heavy atom. The lowest BCUT2D eigenvalue weighted by Crippen LogP contribution is -2.30. The van der Waals surface area contributed by atoms with Crippen LogP contribution in [0.4, 0.5) is 10.1 Å². The molecule has 8 nitrogen and oxygen atoms in total. The Balaban J connectivity index is 1.54. The summed E-state index contributed by atoms with van der Waals surface area (Å²) in [6.07, 6.45) is 0.401. The van der Waals surface area contributed by atoms with E-state index in [4.69, 9.17) is 20.8 Å². The third-order valence-electron chi connectivity index (χ3n) is 5.04. The average molecular weight is 497 g/mol. The van der Waals surface area contributed by atoms with Crippen molar-refractivity contribution in [3.05, 3.63) is 87.7 Å². The van der Waals surface area contributed by atoms with E-state index in [-0.39, 0.29) is 22.0 Å². The van der Waals surface area contributed by atoms with Crippen LogP contribution in [0, 0.1) is 5.82 Å². The molecule has 10 heteroatoms. The summed E-state index contributed by atoms with van der Waals surface area (Å²) in [5.41, 5.74) is 0.997. The molecule has 1 amide bonds. The van der Waals surface area contributed by atoms with E-state index >= 15 is 0 Å². The number of pyridine rings is 1. The maximum Gasteiger partial charge on any atom is 0.356 e. The highest BCUT2D eigenvalue weighted by atomic mass is 35.5. The number of amides is 1. The maximum absolute atomic E-state index is 13.5. The lowest BCUT2D eigenvalue weighted by atomic mass is 10.0. The quantitative estimate of drug-likeness (QED) is 0.300. The Morgan fingerprint density at radius 1 is 1.09 bits per heavy atom. The first kappa shape index (κ1) is 23.9. The zero-order valence-electron chi connectivity index (χ0n) is 18.5. The highest BCUT2D eigenvalue weighted by Gasteiger charge is 2.18. The van der Waals surface area contributed by atoms with E-state index in [9.17, 15) is 18.8 Å². The molecule has 0 bridgehead atoms. The van der Waals surface area contributed by atoms with Crippen LogP contribution >= 0.6 is 11.6 Å². The molecule has 1 unspecified atom stereocenters. The Morgan fingerprint density at radius 2 is 1.89 bits per heavy atom. The molecule has 178 valence electrons. The van der Waals surface area contributed by atoms with Gasteiger partial charge in [0.05, 0.1) is 24.0 Å². The zero-order valence-corrected chi connectivity index (χ0v) is 19.3. The van der Waals surface area contributed by atoms with Crippen LogP contribution in [0.2, 0.25) is 5.02 Å². The summed E-state index contributed by atoms with van der Waals surface area (Å²) in [5.74, 6) is -1.27. The number of carbonyl (C=O) groups is 2. The van der Waals surface area contributed by atoms with Gasteiger partial charge in [0, 0.05) is 28.6 Å². The Bertz CT molecular complexity index is 1490. The number of hydrogen-bond donors (Lipinski definition) is 1. The molecule has 0 aliphatic carbocycles. The number of ether oxygens (including phenoxy) is 2. The molecule has 0 saturated heterocycles. The minimum atomic E-state index is -0.922. The maximum atomic E-state index is 13.5. The second-order valence-electron chi connectivity index (χ2n) is 7.43. The molecule has 4 aromatic rings. The molecule has 0 fully saturated rings. The number of fused-ring (bicyclic) bond motifs is 1. The smallest absolute Gasteiger partial charge is 0.356 e. The van der Waals surface area contributed by atoms with Crippen LogP contribution < -0.4 is 15.7 Å². The lowest BCUT2D eigenvalue weighted by Gasteiger charge is -2.15. The van der Waals surface area contributed by atoms with E-state index in [0.717, 1.165) is 6.07 Å². The van der Waals surface area contributed by atoms with Gasteiger partial charge in [0.2, 0.25) is 0 Å². The van der Waals surface area contributed by atoms with Crippen LogP contribution in [0.25, 0.3) is 22.1 Å². The summed E-state index contributed by atoms with van der Waals surface area (Å²) in [6.45, 7) is 1.54. The minimum absolute atomic E-state index is 0.105. The van der Waals surface area contributed by atoms with Crippen molar-refractivity contribution < 1.29 is 27.9 Å². The predicted octanol–water partition coefficient (Wildman–Crippen LogP) is 4.84. The van der Waals surface area contributed by atoms with Crippen LogP contribution in [-0.2, 0) is 9.53 Å². The van der Waals surface area contributed by atoms with E-state index in [1.807, 2.05) is 0 Å². The second-order valence-corrected chi connectivity index (χ2v) is 7.84. The van der Waals surface area contributed by atoms with Gasteiger partial charge >= 0.3 is 11.6 Å². The largest absolute Gasteiger partial charge is 0.481 e. The van der Waals surface area contributed by atoms with Crippen LogP contribution in [0.15, 0.2) is 70.0 Å². The van der Waals surface area contributed by atoms with Gasteiger partial charge in [0.1, 0.15) is 22.8 Å². The Labute approximate surface area is 203 Å². The number of hydrogen-bond acceptors (Lipinski definition) is 7. The van der Waals surface area contributed by atoms with Crippen molar-refractivity contribution in [2.45, 2.75) is 13.0 Å². The molecule has 2 aromatic carbocycles. The Kier molecular flexibility index (Phi) is 6.79. The van der Waals surface area contributed by atoms with Gasteiger partial charge in [-0.2, -0.15) is 0 Å². The van der Waals surface area contributed by atoms with Gasteiger partial charge in [0.25, 0.3) is 5.91 Å². The van der Waals surface area contributed by atoms with Gasteiger partial charge in [-0.3, -0.25) is 4.79 Å². The molecule has 4 rings (SSSR count). The molecule has 0 radical (unpaired) electrons. The normalized spacial score (nSPS) is 11.7. The summed E-state index contributed by atoms with van der Waals surface area (Å²) in [6, 6.07) is 12.8. The first-order valence-electron chi connectivity index (χ1n) is 10.3. The third-order valence-corrected chi connectivity index (χ3v) is 5.36. The average Bonchev–Trinajstić information content (AvgIpc) is 2.83. The standard InChI is InChI=1S/C25H18ClFN2O6/c1-13(24(31)29-15-4-8-21(28-12-15)25(32)33-2)34-16-5-7-18-19(11-23(30)35-22(18)10-16)17-6-3-14(27)9-20(17)26/h3-13H,1-2H3,(H,29,31). The minimum Gasteiger partial charge on any atom is -0.481 e. The molecule has 1 atom stereocenters. The van der Waals surface area contributed by atoms with Gasteiger partial charge < -0.3 is 19.2 Å². The number of rotatable bonds is 6. The number of nitrogens with one attached hydrogen (secondary N) is 1. The number of benzene rings is 2. The summed E-state index contributed by atoms with van der Waals surface area (Å²) >= 11 is 6.18. The fourth-order valence-electron chi connectivity index (χ4n) is 3.34. The topological polar surface area (TPSA) is 108 Å². The molecule has 0 aliphatic rings. The highest BCUT2D eigenvalue weighted by molar-refractivity contribution is 6.33. The van der Waals surface area contributed by atoms with E-state index < -0.39 is 29.4 Å². The zero-order chi connectivity index (χ0) is 25.1. The summed E-state index contributed by atoms with van der Waals surface area (Å²) in [5, 5.41) is 3.34. The number of carbonyl (C=O) groups excluding carboxylic acids is 2. The van der Waals surface area contributed by atoms with Gasteiger partial charge in [-0.05, 0) is 49.4 Å². The SMILES string of the molecule is COC(=O)c1ccc(NC(=O)C(C)Oc2ccc3c(-c4ccc(F)cc4Cl)cc(=O)oc3c2)cn1. The molecule has 0 saturated carbocycles. The molecular formula is C25H18ClFN2O6. The molecule has 2 heterocycles. The van der Waals surface area contributed by atoms with Crippen molar-refractivity contribution in [3.8, 4) is 16.9 Å². The fourth-order valence-corrected chi connectivity index (χ4v) is 3.61. The number of anilines is 1. The van der Waals surface area contributed by atoms with Crippen LogP contribution in [0.1, 0.15) is 17.4 Å². The molecule has 0 aliphatic heterocycles. The highest BCUT2D eigenvalue weighted by Crippen LogP contribution is 2.34. The summed E-state index contributed by atoms with van der Waals surface area (Å²) in [7, 11) is 1.25. The molecule has 0 spiro atoms. The van der Waals surface area contributed by atoms with Crippen molar-refractivity contribution in [2.24, 2.45) is 0 Å². The lowest BCUT2D eigenvalue weighted by molar-refractivity contribution is -0.122. The molecule has 2 aromatic heterocycles. The van der Waals surface area contributed by atoms with Crippen molar-refractivity contribution in [3.63, 3.8) is 0 Å². The molecule has 35 heavy (non-hydrogen) atoms. The monoisotopic (exact) mass is 496 g/mol. The van der Waals surface area contributed by atoms with Gasteiger partial charge in [0.15, 0.2) is 6.10 Å². The third kappa shape index (κ3) is 5.30. The molecular weight excluding hydrogens is 479 g/mol. The number of aromatic nitrogens is 1. The predicted molar refractivity (Wildman–Crippen MR) is 127 cm³/mol.